The van der Waals surface area contributed by atoms with Crippen LogP contribution in [-0.2, 0) is 30.3 Å². The summed E-state index contributed by atoms with van der Waals surface area (Å²) in [6.45, 7) is -0.243. The van der Waals surface area contributed by atoms with E-state index in [2.05, 4.69) is 10.6 Å². The van der Waals surface area contributed by atoms with Crippen molar-refractivity contribution < 1.29 is 19.2 Å². The van der Waals surface area contributed by atoms with Crippen molar-refractivity contribution in [2.45, 2.75) is 11.1 Å². The first-order valence-electron chi connectivity index (χ1n) is 17.4. The van der Waals surface area contributed by atoms with Crippen LogP contribution in [0.15, 0.2) is 146 Å². The summed E-state index contributed by atoms with van der Waals surface area (Å²) in [6, 6.07) is 41.1. The van der Waals surface area contributed by atoms with E-state index in [1.807, 2.05) is 121 Å². The van der Waals surface area contributed by atoms with E-state index in [-0.39, 0.29) is 35.4 Å². The lowest BCUT2D eigenvalue weighted by atomic mass is 9.73. The summed E-state index contributed by atoms with van der Waals surface area (Å²) in [4.78, 5) is 52.8. The zero-order chi connectivity index (χ0) is 38.0. The van der Waals surface area contributed by atoms with Gasteiger partial charge in [0.15, 0.2) is 0 Å². The summed E-state index contributed by atoms with van der Waals surface area (Å²) in [5, 5.41) is 5.48. The average Bonchev–Trinajstić information content (AvgIpc) is 3.73. The minimum Gasteiger partial charge on any atom is -0.327 e. The molecular weight excluding hydrogens is 677 g/mol. The first-order valence-corrected chi connectivity index (χ1v) is 17.4. The fourth-order valence-corrected chi connectivity index (χ4v) is 7.66. The minimum absolute atomic E-state index is 0.00584. The first kappa shape index (κ1) is 35.8. The molecule has 0 spiro atoms. The van der Waals surface area contributed by atoms with Crippen LogP contribution in [-0.4, -0.2) is 36.7 Å². The quantitative estimate of drug-likeness (QED) is 0.118. The molecule has 2 heterocycles. The Bertz CT molecular complexity index is 2420. The molecule has 0 radical (unpaired) electrons. The molecule has 7 rings (SSSR count). The molecule has 10 heteroatoms. The number of imide groups is 2. The summed E-state index contributed by atoms with van der Waals surface area (Å²) in [5.41, 5.74) is 30.3. The van der Waals surface area contributed by atoms with E-state index >= 15 is 0 Å². The van der Waals surface area contributed by atoms with Crippen molar-refractivity contribution in [2.24, 2.45) is 22.9 Å². The number of benzene rings is 5. The molecule has 0 aromatic heterocycles. The third-order valence-electron chi connectivity index (χ3n) is 10.2. The first-order chi connectivity index (χ1) is 26.1. The number of carbonyl (C=O) groups excluding carboxylic acids is 4. The largest absolute Gasteiger partial charge is 0.327 e. The van der Waals surface area contributed by atoms with Crippen molar-refractivity contribution in [1.29, 1.82) is 0 Å². The highest BCUT2D eigenvalue weighted by Crippen LogP contribution is 2.37. The normalized spacial score (nSPS) is 15.7. The summed E-state index contributed by atoms with van der Waals surface area (Å²) in [5.74, 6) is -2.65. The van der Waals surface area contributed by atoms with Crippen LogP contribution < -0.4 is 44.0 Å². The second kappa shape index (κ2) is 14.5. The Morgan fingerprint density at radius 1 is 0.481 bits per heavy atom. The van der Waals surface area contributed by atoms with Gasteiger partial charge in [0.1, 0.15) is 0 Å². The molecule has 54 heavy (non-hydrogen) atoms. The van der Waals surface area contributed by atoms with Crippen molar-refractivity contribution in [3.05, 3.63) is 189 Å². The summed E-state index contributed by atoms with van der Waals surface area (Å²) >= 11 is 0. The van der Waals surface area contributed by atoms with Crippen LogP contribution in [0.3, 0.4) is 0 Å². The van der Waals surface area contributed by atoms with Crippen molar-refractivity contribution in [1.82, 2.24) is 10.6 Å². The number of rotatable bonds is 10. The van der Waals surface area contributed by atoms with Gasteiger partial charge >= 0.3 is 0 Å². The van der Waals surface area contributed by atoms with Gasteiger partial charge in [-0.1, -0.05) is 133 Å². The second-order valence-corrected chi connectivity index (χ2v) is 13.1. The summed E-state index contributed by atoms with van der Waals surface area (Å²) < 4.78 is 0. The van der Waals surface area contributed by atoms with E-state index in [0.29, 0.717) is 32.7 Å². The lowest BCUT2D eigenvalue weighted by molar-refractivity contribution is -0.124. The zero-order valence-electron chi connectivity index (χ0n) is 29.2. The monoisotopic (exact) mass is 714 g/mol. The topological polar surface area (TPSA) is 196 Å². The summed E-state index contributed by atoms with van der Waals surface area (Å²) in [6.07, 6.45) is 2.34. The van der Waals surface area contributed by atoms with Gasteiger partial charge in [0.25, 0.3) is 23.6 Å². The third-order valence-corrected chi connectivity index (χ3v) is 10.2. The molecule has 0 atom stereocenters. The molecule has 10 nitrogen and oxygen atoms in total. The maximum Gasteiger partial charge on any atom is 0.258 e. The molecule has 268 valence electrons. The number of hydrogen-bond donors (Lipinski definition) is 6. The minimum atomic E-state index is -1.46. The Labute approximate surface area is 311 Å². The fourth-order valence-electron chi connectivity index (χ4n) is 7.66. The molecule has 0 bridgehead atoms. The van der Waals surface area contributed by atoms with Crippen LogP contribution in [0.1, 0.15) is 33.4 Å². The van der Waals surface area contributed by atoms with E-state index in [1.165, 1.54) is 12.2 Å². The van der Waals surface area contributed by atoms with Gasteiger partial charge in [-0.25, -0.2) is 0 Å². The fraction of sp³-hybridized carbons (Fsp3) is 0.0909. The van der Waals surface area contributed by atoms with Crippen LogP contribution in [0, 0.1) is 0 Å². The van der Waals surface area contributed by atoms with Crippen LogP contribution >= 0.6 is 0 Å². The number of carbonyl (C=O) groups is 4. The van der Waals surface area contributed by atoms with Crippen molar-refractivity contribution >= 4 is 45.9 Å². The molecule has 10 N–H and O–H groups in total. The van der Waals surface area contributed by atoms with Gasteiger partial charge in [0.2, 0.25) is 0 Å². The SMILES string of the molecule is NCC(=c1ccc(C2=CC(=O)NC2=O)c(C2=CC(=O)NC2=O)c1=C(CN)C(N)(c1ccccc1)c1ccccc1)C(N)(c1ccccc1)c1ccccc1. The molecular formula is C44H38N6O4. The van der Waals surface area contributed by atoms with Crippen molar-refractivity contribution in [2.75, 3.05) is 13.1 Å². The molecule has 0 saturated carbocycles. The van der Waals surface area contributed by atoms with Gasteiger partial charge in [0.05, 0.1) is 22.2 Å². The third kappa shape index (κ3) is 5.99. The van der Waals surface area contributed by atoms with Gasteiger partial charge in [-0.05, 0) is 49.4 Å². The Morgan fingerprint density at radius 2 is 0.852 bits per heavy atom. The Kier molecular flexibility index (Phi) is 9.59. The van der Waals surface area contributed by atoms with E-state index in [1.54, 1.807) is 12.1 Å². The Hall–Kier alpha value is -6.56. The van der Waals surface area contributed by atoms with E-state index in [4.69, 9.17) is 22.9 Å². The number of nitrogens with one attached hydrogen (secondary N) is 2. The highest BCUT2D eigenvalue weighted by Gasteiger charge is 2.39. The molecule has 0 fully saturated rings. The van der Waals surface area contributed by atoms with Crippen LogP contribution in [0.2, 0.25) is 0 Å². The lowest BCUT2D eigenvalue weighted by Crippen LogP contribution is -2.52. The maximum atomic E-state index is 13.8. The van der Waals surface area contributed by atoms with Gasteiger partial charge in [0, 0.05) is 30.8 Å². The van der Waals surface area contributed by atoms with Gasteiger partial charge in [-0.15, -0.1) is 0 Å². The average molecular weight is 715 g/mol. The van der Waals surface area contributed by atoms with E-state index in [9.17, 15) is 19.2 Å². The molecule has 2 aliphatic rings. The van der Waals surface area contributed by atoms with Crippen molar-refractivity contribution in [3.63, 3.8) is 0 Å². The number of hydrogen-bond acceptors (Lipinski definition) is 8. The predicted octanol–water partition coefficient (Wildman–Crippen LogP) is 1.79. The number of nitrogens with two attached hydrogens (primary N) is 4. The molecule has 5 aromatic rings. The van der Waals surface area contributed by atoms with Crippen LogP contribution in [0.25, 0.3) is 22.3 Å². The molecule has 2 aliphatic heterocycles. The highest BCUT2D eigenvalue weighted by molar-refractivity contribution is 6.37. The van der Waals surface area contributed by atoms with Gasteiger partial charge < -0.3 is 22.9 Å². The Balaban J connectivity index is 1.81. The highest BCUT2D eigenvalue weighted by atomic mass is 16.2. The molecule has 5 aromatic carbocycles. The van der Waals surface area contributed by atoms with Gasteiger partial charge in [-0.2, -0.15) is 0 Å². The van der Waals surface area contributed by atoms with Gasteiger partial charge in [-0.3, -0.25) is 29.8 Å². The molecule has 0 saturated heterocycles. The summed E-state index contributed by atoms with van der Waals surface area (Å²) in [7, 11) is 0. The molecule has 0 aliphatic carbocycles. The maximum absolute atomic E-state index is 13.8. The zero-order valence-corrected chi connectivity index (χ0v) is 29.2. The van der Waals surface area contributed by atoms with Crippen LogP contribution in [0.4, 0.5) is 0 Å². The predicted molar refractivity (Wildman–Crippen MR) is 209 cm³/mol. The standard InChI is InChI=1S/C44H38N6O4/c45-25-35(43(47,27-13-5-1-6-14-27)28-15-7-2-8-16-28)32-22-21-31(33-23-37(51)49-41(33)53)39(34-24-38(52)50-42(34)54)40(32)36(26-46)44(48,29-17-9-3-10-18-29)30-19-11-4-12-20-30/h1-24H,25-26,45-48H2,(H,49,51,53)(H,50,52,54). The second-order valence-electron chi connectivity index (χ2n) is 13.1. The molecule has 4 amide bonds. The lowest BCUT2D eigenvalue weighted by Gasteiger charge is -2.36. The smallest absolute Gasteiger partial charge is 0.258 e. The van der Waals surface area contributed by atoms with Crippen molar-refractivity contribution in [3.8, 4) is 0 Å². The van der Waals surface area contributed by atoms with Crippen LogP contribution in [0.5, 0.6) is 0 Å². The number of amides is 4. The Morgan fingerprint density at radius 3 is 1.20 bits per heavy atom. The van der Waals surface area contributed by atoms with E-state index in [0.717, 1.165) is 11.1 Å². The molecule has 0 unspecified atom stereocenters. The van der Waals surface area contributed by atoms with E-state index < -0.39 is 34.7 Å².